The summed E-state index contributed by atoms with van der Waals surface area (Å²) in [5.74, 6) is 1.22. The molecule has 1 aromatic heterocycles. The molecule has 1 atom stereocenters. The maximum Gasteiger partial charge on any atom is 0.198 e. The molecule has 0 aliphatic rings. The number of aromatic nitrogens is 1. The molecule has 0 aromatic carbocycles. The number of ether oxygens (including phenoxy) is 1. The zero-order chi connectivity index (χ0) is 14.6. The molecule has 1 unspecified atom stereocenters. The van der Waals surface area contributed by atoms with E-state index in [0.717, 1.165) is 23.8 Å². The summed E-state index contributed by atoms with van der Waals surface area (Å²) >= 11 is 1.41. The summed E-state index contributed by atoms with van der Waals surface area (Å²) in [6, 6.07) is 0.384. The molecule has 5 nitrogen and oxygen atoms in total. The lowest BCUT2D eigenvalue weighted by molar-refractivity contribution is 0.244. The number of rotatable bonds is 7. The number of nitrogens with zero attached hydrogens (tertiary/aromatic N) is 3. The Kier molecular flexibility index (Phi) is 5.87. The van der Waals surface area contributed by atoms with E-state index in [1.165, 1.54) is 11.5 Å². The highest BCUT2D eigenvalue weighted by Gasteiger charge is 2.23. The molecule has 110 valence electrons. The van der Waals surface area contributed by atoms with Crippen LogP contribution in [0.2, 0.25) is 0 Å². The normalized spacial score (nSPS) is 13.1. The fourth-order valence-corrected chi connectivity index (χ4v) is 3.01. The lowest BCUT2D eigenvalue weighted by atomic mass is 10.2. The molecule has 0 radical (unpaired) electrons. The fraction of sp³-hybridized carbons (Fsp3) is 0.769. The molecule has 2 N–H and O–H groups in total. The van der Waals surface area contributed by atoms with E-state index in [0.29, 0.717) is 11.9 Å². The standard InChI is InChI=1S/C13H26N4OS/c1-7-17(10(4)8-16(5)6)13-11(18-9(2)3)12(14)15-19-13/h9-10H,7-8H2,1-6H3,(H2,14,15). The van der Waals surface area contributed by atoms with Crippen LogP contribution in [-0.4, -0.2) is 48.6 Å². The molecule has 0 aliphatic heterocycles. The summed E-state index contributed by atoms with van der Waals surface area (Å²) in [6.07, 6.45) is 0.0975. The summed E-state index contributed by atoms with van der Waals surface area (Å²) in [5.41, 5.74) is 5.92. The van der Waals surface area contributed by atoms with E-state index in [9.17, 15) is 0 Å². The SMILES string of the molecule is CCN(c1snc(N)c1OC(C)C)C(C)CN(C)C. The maximum atomic E-state index is 5.92. The van der Waals surface area contributed by atoms with Crippen LogP contribution in [0, 0.1) is 0 Å². The van der Waals surface area contributed by atoms with Gasteiger partial charge in [0.2, 0.25) is 0 Å². The van der Waals surface area contributed by atoms with Crippen LogP contribution in [0.25, 0.3) is 0 Å². The first kappa shape index (κ1) is 16.0. The zero-order valence-corrected chi connectivity index (χ0v) is 13.6. The van der Waals surface area contributed by atoms with Crippen molar-refractivity contribution in [2.45, 2.75) is 39.8 Å². The maximum absolute atomic E-state index is 5.92. The summed E-state index contributed by atoms with van der Waals surface area (Å²) in [6.45, 7) is 10.2. The minimum absolute atomic E-state index is 0.0975. The van der Waals surface area contributed by atoms with Gasteiger partial charge in [-0.3, -0.25) is 0 Å². The lowest BCUT2D eigenvalue weighted by Gasteiger charge is -2.31. The van der Waals surface area contributed by atoms with Crippen LogP contribution in [0.5, 0.6) is 5.75 Å². The summed E-state index contributed by atoms with van der Waals surface area (Å²) in [5, 5.41) is 1.03. The topological polar surface area (TPSA) is 54.6 Å². The molecule has 0 amide bonds. The molecule has 0 spiro atoms. The van der Waals surface area contributed by atoms with Gasteiger partial charge in [0.1, 0.15) is 0 Å². The van der Waals surface area contributed by atoms with Gasteiger partial charge in [-0.1, -0.05) is 0 Å². The monoisotopic (exact) mass is 286 g/mol. The van der Waals surface area contributed by atoms with Crippen molar-refractivity contribution < 1.29 is 4.74 Å². The molecular formula is C13H26N4OS. The second-order valence-corrected chi connectivity index (χ2v) is 6.02. The van der Waals surface area contributed by atoms with Crippen molar-refractivity contribution >= 4 is 22.4 Å². The lowest BCUT2D eigenvalue weighted by Crippen LogP contribution is -2.39. The van der Waals surface area contributed by atoms with Crippen LogP contribution in [0.4, 0.5) is 10.8 Å². The van der Waals surface area contributed by atoms with Gasteiger partial charge in [-0.2, -0.15) is 4.37 Å². The first-order valence-electron chi connectivity index (χ1n) is 6.69. The Morgan fingerprint density at radius 2 is 1.95 bits per heavy atom. The highest BCUT2D eigenvalue weighted by molar-refractivity contribution is 7.11. The van der Waals surface area contributed by atoms with Crippen molar-refractivity contribution in [1.82, 2.24) is 9.27 Å². The molecule has 6 heteroatoms. The minimum Gasteiger partial charge on any atom is -0.484 e. The van der Waals surface area contributed by atoms with Gasteiger partial charge < -0.3 is 20.3 Å². The van der Waals surface area contributed by atoms with E-state index in [1.807, 2.05) is 13.8 Å². The van der Waals surface area contributed by atoms with E-state index in [4.69, 9.17) is 10.5 Å². The van der Waals surface area contributed by atoms with Crippen molar-refractivity contribution in [3.05, 3.63) is 0 Å². The van der Waals surface area contributed by atoms with Crippen LogP contribution >= 0.6 is 11.5 Å². The Bertz CT molecular complexity index is 392. The highest BCUT2D eigenvalue weighted by atomic mass is 32.1. The van der Waals surface area contributed by atoms with Gasteiger partial charge in [0, 0.05) is 19.1 Å². The predicted molar refractivity (Wildman–Crippen MR) is 83.3 cm³/mol. The summed E-state index contributed by atoms with van der Waals surface area (Å²) < 4.78 is 10.1. The average molecular weight is 286 g/mol. The minimum atomic E-state index is 0.0975. The summed E-state index contributed by atoms with van der Waals surface area (Å²) in [7, 11) is 4.16. The fourth-order valence-electron chi connectivity index (χ4n) is 2.10. The second kappa shape index (κ2) is 6.96. The van der Waals surface area contributed by atoms with Gasteiger partial charge >= 0.3 is 0 Å². The third-order valence-corrected chi connectivity index (χ3v) is 3.65. The third kappa shape index (κ3) is 4.24. The molecule has 19 heavy (non-hydrogen) atoms. The van der Waals surface area contributed by atoms with E-state index in [1.54, 1.807) is 0 Å². The van der Waals surface area contributed by atoms with Crippen LogP contribution in [0.3, 0.4) is 0 Å². The molecular weight excluding hydrogens is 260 g/mol. The molecule has 0 fully saturated rings. The van der Waals surface area contributed by atoms with Gasteiger partial charge in [-0.15, -0.1) is 0 Å². The van der Waals surface area contributed by atoms with Gasteiger partial charge in [-0.25, -0.2) is 0 Å². The second-order valence-electron chi connectivity index (χ2n) is 5.27. The Labute approximate surface area is 120 Å². The van der Waals surface area contributed by atoms with Crippen molar-refractivity contribution in [1.29, 1.82) is 0 Å². The Hall–Kier alpha value is -1.01. The van der Waals surface area contributed by atoms with Crippen LogP contribution in [0.1, 0.15) is 27.7 Å². The number of likely N-dealkylation sites (N-methyl/N-ethyl adjacent to an activating group) is 2. The third-order valence-electron chi connectivity index (χ3n) is 2.77. The van der Waals surface area contributed by atoms with Crippen molar-refractivity contribution in [2.75, 3.05) is 37.8 Å². The van der Waals surface area contributed by atoms with E-state index < -0.39 is 0 Å². The van der Waals surface area contributed by atoms with Gasteiger partial charge in [0.25, 0.3) is 0 Å². The molecule has 0 saturated heterocycles. The Balaban J connectivity index is 2.98. The van der Waals surface area contributed by atoms with Crippen LogP contribution < -0.4 is 15.4 Å². The van der Waals surface area contributed by atoms with Crippen LogP contribution in [-0.2, 0) is 0 Å². The van der Waals surface area contributed by atoms with Gasteiger partial charge in [-0.05, 0) is 53.3 Å². The number of hydrogen-bond acceptors (Lipinski definition) is 6. The number of nitrogens with two attached hydrogens (primary N) is 1. The number of anilines is 2. The molecule has 1 aromatic rings. The van der Waals surface area contributed by atoms with Gasteiger partial charge in [0.05, 0.1) is 6.10 Å². The molecule has 0 aliphatic carbocycles. The molecule has 1 heterocycles. The molecule has 0 saturated carbocycles. The van der Waals surface area contributed by atoms with Crippen molar-refractivity contribution in [3.63, 3.8) is 0 Å². The van der Waals surface area contributed by atoms with E-state index in [-0.39, 0.29) is 6.10 Å². The average Bonchev–Trinajstić information content (AvgIpc) is 2.61. The number of nitrogen functional groups attached to an aromatic ring is 1. The quantitative estimate of drug-likeness (QED) is 0.833. The predicted octanol–water partition coefficient (Wildman–Crippen LogP) is 2.29. The Morgan fingerprint density at radius 1 is 1.32 bits per heavy atom. The highest BCUT2D eigenvalue weighted by Crippen LogP contribution is 2.39. The molecule has 1 rings (SSSR count). The van der Waals surface area contributed by atoms with Crippen molar-refractivity contribution in [2.24, 2.45) is 0 Å². The first-order valence-corrected chi connectivity index (χ1v) is 7.47. The number of hydrogen-bond donors (Lipinski definition) is 1. The van der Waals surface area contributed by atoms with Gasteiger partial charge in [0.15, 0.2) is 16.6 Å². The molecule has 0 bridgehead atoms. The zero-order valence-electron chi connectivity index (χ0n) is 12.8. The van der Waals surface area contributed by atoms with Crippen LogP contribution in [0.15, 0.2) is 0 Å². The van der Waals surface area contributed by atoms with E-state index >= 15 is 0 Å². The first-order chi connectivity index (χ1) is 8.86. The van der Waals surface area contributed by atoms with E-state index in [2.05, 4.69) is 42.1 Å². The van der Waals surface area contributed by atoms with Crippen molar-refractivity contribution in [3.8, 4) is 5.75 Å². The smallest absolute Gasteiger partial charge is 0.198 e. The largest absolute Gasteiger partial charge is 0.484 e. The Morgan fingerprint density at radius 3 is 2.42 bits per heavy atom. The summed E-state index contributed by atoms with van der Waals surface area (Å²) in [4.78, 5) is 4.48.